The van der Waals surface area contributed by atoms with E-state index in [0.717, 1.165) is 43.7 Å². The number of nitrogens with one attached hydrogen (secondary N) is 2. The number of hydrogen-bond acceptors (Lipinski definition) is 5. The van der Waals surface area contributed by atoms with Crippen molar-refractivity contribution >= 4 is 34.9 Å². The summed E-state index contributed by atoms with van der Waals surface area (Å²) in [5, 5.41) is 7.15. The molecule has 1 aromatic heterocycles. The predicted octanol–water partition coefficient (Wildman–Crippen LogP) is 5.28. The summed E-state index contributed by atoms with van der Waals surface area (Å²) in [7, 11) is 0. The van der Waals surface area contributed by atoms with Crippen LogP contribution in [0.25, 0.3) is 0 Å². The maximum atomic E-state index is 5.63. The summed E-state index contributed by atoms with van der Waals surface area (Å²) in [5.74, 6) is 3.20. The molecule has 1 atom stereocenters. The average molecular weight is 473 g/mol. The Labute approximate surface area is 207 Å². The number of anilines is 3. The zero-order chi connectivity index (χ0) is 23.5. The topological polar surface area (TPSA) is 56.3 Å². The maximum absolute atomic E-state index is 5.63. The van der Waals surface area contributed by atoms with Gasteiger partial charge in [-0.2, -0.15) is 9.97 Å². The van der Waals surface area contributed by atoms with Crippen LogP contribution in [0.4, 0.5) is 17.6 Å². The van der Waals surface area contributed by atoms with Gasteiger partial charge >= 0.3 is 0 Å². The molecule has 176 valence electrons. The van der Waals surface area contributed by atoms with Crippen LogP contribution in [0.1, 0.15) is 49.4 Å². The molecule has 3 aromatic rings. The first kappa shape index (κ1) is 22.6. The maximum Gasteiger partial charge on any atom is 0.232 e. The number of piperidine rings is 1. The highest BCUT2D eigenvalue weighted by molar-refractivity contribution is 7.80. The SMILES string of the molecule is CC1CCN(c2cc(N3Cc4ccccc4C3)nc(NC(=S)N[C@@H](C)c3ccccc3)n2)CC1. The van der Waals surface area contributed by atoms with E-state index in [0.29, 0.717) is 11.1 Å². The number of thiocarbonyl (C=S) groups is 1. The monoisotopic (exact) mass is 472 g/mol. The number of rotatable bonds is 5. The van der Waals surface area contributed by atoms with Gasteiger partial charge in [0.1, 0.15) is 11.6 Å². The van der Waals surface area contributed by atoms with Gasteiger partial charge in [0, 0.05) is 32.2 Å². The fraction of sp³-hybridized carbons (Fsp3) is 0.370. The van der Waals surface area contributed by atoms with E-state index in [4.69, 9.17) is 22.2 Å². The summed E-state index contributed by atoms with van der Waals surface area (Å²) in [6, 6.07) is 21.1. The van der Waals surface area contributed by atoms with Crippen LogP contribution >= 0.6 is 12.2 Å². The summed E-state index contributed by atoms with van der Waals surface area (Å²) < 4.78 is 0. The first-order valence-corrected chi connectivity index (χ1v) is 12.5. The van der Waals surface area contributed by atoms with Crippen molar-refractivity contribution < 1.29 is 0 Å². The van der Waals surface area contributed by atoms with E-state index in [1.807, 2.05) is 18.2 Å². The Morgan fingerprint density at radius 2 is 1.50 bits per heavy atom. The minimum atomic E-state index is 0.0838. The summed E-state index contributed by atoms with van der Waals surface area (Å²) in [6.07, 6.45) is 2.37. The summed E-state index contributed by atoms with van der Waals surface area (Å²) in [6.45, 7) is 8.18. The highest BCUT2D eigenvalue weighted by Crippen LogP contribution is 2.31. The Hall–Kier alpha value is -3.19. The van der Waals surface area contributed by atoms with Gasteiger partial charge in [-0.25, -0.2) is 0 Å². The third-order valence-electron chi connectivity index (χ3n) is 6.84. The van der Waals surface area contributed by atoms with Crippen LogP contribution in [0.15, 0.2) is 60.7 Å². The van der Waals surface area contributed by atoms with Gasteiger partial charge < -0.3 is 20.4 Å². The fourth-order valence-corrected chi connectivity index (χ4v) is 4.96. The van der Waals surface area contributed by atoms with Crippen molar-refractivity contribution in [2.24, 2.45) is 5.92 Å². The second kappa shape index (κ2) is 9.97. The fourth-order valence-electron chi connectivity index (χ4n) is 4.69. The molecule has 0 bridgehead atoms. The van der Waals surface area contributed by atoms with E-state index < -0.39 is 0 Å². The average Bonchev–Trinajstić information content (AvgIpc) is 3.29. The normalized spacial score (nSPS) is 16.8. The largest absolute Gasteiger partial charge is 0.356 e. The van der Waals surface area contributed by atoms with Crippen molar-refractivity contribution in [2.45, 2.75) is 45.8 Å². The predicted molar refractivity (Wildman–Crippen MR) is 143 cm³/mol. The molecule has 0 aliphatic carbocycles. The van der Waals surface area contributed by atoms with Gasteiger partial charge in [0.25, 0.3) is 0 Å². The van der Waals surface area contributed by atoms with Crippen molar-refractivity contribution in [1.82, 2.24) is 15.3 Å². The summed E-state index contributed by atoms with van der Waals surface area (Å²) >= 11 is 5.63. The van der Waals surface area contributed by atoms with Crippen LogP contribution in [0.2, 0.25) is 0 Å². The van der Waals surface area contributed by atoms with Crippen molar-refractivity contribution in [3.63, 3.8) is 0 Å². The van der Waals surface area contributed by atoms with Crippen LogP contribution in [-0.4, -0.2) is 28.2 Å². The molecule has 6 nitrogen and oxygen atoms in total. The molecule has 5 rings (SSSR count). The van der Waals surface area contributed by atoms with E-state index in [1.54, 1.807) is 0 Å². The van der Waals surface area contributed by atoms with Gasteiger partial charge in [-0.3, -0.25) is 0 Å². The third kappa shape index (κ3) is 5.14. The van der Waals surface area contributed by atoms with Crippen LogP contribution in [0.5, 0.6) is 0 Å². The number of benzene rings is 2. The molecule has 0 saturated carbocycles. The Morgan fingerprint density at radius 1 is 0.912 bits per heavy atom. The zero-order valence-corrected chi connectivity index (χ0v) is 20.7. The number of fused-ring (bicyclic) bond motifs is 1. The first-order chi connectivity index (χ1) is 16.5. The van der Waals surface area contributed by atoms with Crippen LogP contribution in [-0.2, 0) is 13.1 Å². The lowest BCUT2D eigenvalue weighted by atomic mass is 9.99. The Kier molecular flexibility index (Phi) is 6.63. The molecule has 2 N–H and O–H groups in total. The molecular weight excluding hydrogens is 440 g/mol. The highest BCUT2D eigenvalue weighted by Gasteiger charge is 2.24. The molecule has 1 saturated heterocycles. The van der Waals surface area contributed by atoms with Gasteiger partial charge in [0.05, 0.1) is 6.04 Å². The molecule has 0 unspecified atom stereocenters. The van der Waals surface area contributed by atoms with Gasteiger partial charge in [-0.1, -0.05) is 61.5 Å². The van der Waals surface area contributed by atoms with E-state index in [2.05, 4.69) is 76.7 Å². The van der Waals surface area contributed by atoms with E-state index in [-0.39, 0.29) is 6.04 Å². The Balaban J connectivity index is 1.37. The molecule has 0 radical (unpaired) electrons. The second-order valence-corrected chi connectivity index (χ2v) is 9.84. The lowest BCUT2D eigenvalue weighted by molar-refractivity contribution is 0.436. The molecule has 0 spiro atoms. The quantitative estimate of drug-likeness (QED) is 0.490. The minimum Gasteiger partial charge on any atom is -0.356 e. The molecule has 7 heteroatoms. The van der Waals surface area contributed by atoms with E-state index in [1.165, 1.54) is 29.5 Å². The second-order valence-electron chi connectivity index (χ2n) is 9.43. The van der Waals surface area contributed by atoms with Crippen molar-refractivity contribution in [2.75, 3.05) is 28.2 Å². The van der Waals surface area contributed by atoms with Gasteiger partial charge in [0.2, 0.25) is 5.95 Å². The van der Waals surface area contributed by atoms with Gasteiger partial charge in [-0.05, 0) is 54.6 Å². The van der Waals surface area contributed by atoms with Crippen LogP contribution in [0.3, 0.4) is 0 Å². The number of aromatic nitrogens is 2. The summed E-state index contributed by atoms with van der Waals surface area (Å²) in [5.41, 5.74) is 3.90. The lowest BCUT2D eigenvalue weighted by Gasteiger charge is -2.32. The number of hydrogen-bond donors (Lipinski definition) is 2. The molecule has 2 aromatic carbocycles. The first-order valence-electron chi connectivity index (χ1n) is 12.1. The zero-order valence-electron chi connectivity index (χ0n) is 19.9. The van der Waals surface area contributed by atoms with Gasteiger partial charge in [-0.15, -0.1) is 0 Å². The molecule has 2 aliphatic heterocycles. The highest BCUT2D eigenvalue weighted by atomic mass is 32.1. The van der Waals surface area contributed by atoms with Crippen molar-refractivity contribution in [3.8, 4) is 0 Å². The molecule has 34 heavy (non-hydrogen) atoms. The van der Waals surface area contributed by atoms with Crippen LogP contribution in [0, 0.1) is 5.92 Å². The molecule has 3 heterocycles. The van der Waals surface area contributed by atoms with Crippen molar-refractivity contribution in [1.29, 1.82) is 0 Å². The molecule has 1 fully saturated rings. The minimum absolute atomic E-state index is 0.0838. The van der Waals surface area contributed by atoms with Crippen molar-refractivity contribution in [3.05, 3.63) is 77.4 Å². The number of nitrogens with zero attached hydrogens (tertiary/aromatic N) is 4. The molecular formula is C27H32N6S. The Morgan fingerprint density at radius 3 is 2.15 bits per heavy atom. The molecule has 2 aliphatic rings. The van der Waals surface area contributed by atoms with Gasteiger partial charge in [0.15, 0.2) is 5.11 Å². The summed E-state index contributed by atoms with van der Waals surface area (Å²) in [4.78, 5) is 14.4. The van der Waals surface area contributed by atoms with E-state index >= 15 is 0 Å². The molecule has 0 amide bonds. The lowest BCUT2D eigenvalue weighted by Crippen LogP contribution is -2.35. The standard InChI is InChI=1S/C27H32N6S/c1-19-12-14-32(15-13-19)24-16-25(33-17-22-10-6-7-11-23(22)18-33)30-26(29-24)31-27(34)28-20(2)21-8-4-3-5-9-21/h3-11,16,19-20H,12-15,17-18H2,1-2H3,(H2,28,29,30,31,34)/t20-/m0/s1. The van der Waals surface area contributed by atoms with E-state index in [9.17, 15) is 0 Å². The third-order valence-corrected chi connectivity index (χ3v) is 7.06. The Bertz CT molecular complexity index is 1120. The van der Waals surface area contributed by atoms with Crippen LogP contribution < -0.4 is 20.4 Å². The smallest absolute Gasteiger partial charge is 0.232 e.